The second kappa shape index (κ2) is 63.8. The highest BCUT2D eigenvalue weighted by atomic mass is 31.2. The lowest BCUT2D eigenvalue weighted by Gasteiger charge is -2.21. The molecule has 0 saturated carbocycles. The van der Waals surface area contributed by atoms with Gasteiger partial charge in [0, 0.05) is 25.7 Å². The van der Waals surface area contributed by atoms with E-state index < -0.39 is 97.5 Å². The van der Waals surface area contributed by atoms with Gasteiger partial charge in [-0.25, -0.2) is 9.13 Å². The SMILES string of the molecule is CCCCCCCCCCCCCCCC(=O)O[C@H](COC(=O)CCCCCCCCC(C)C)COP(=O)(O)OC[C@H](O)COP(=O)(O)OC[C@@H](COC(=O)CCCCCCCCCCCCC(C)C)OC(=O)CCCCCCCCCCCCCCCCC(C)C. The van der Waals surface area contributed by atoms with Crippen molar-refractivity contribution in [2.75, 3.05) is 39.6 Å². The summed E-state index contributed by atoms with van der Waals surface area (Å²) in [6, 6.07) is 0. The van der Waals surface area contributed by atoms with Gasteiger partial charge in [0.15, 0.2) is 12.2 Å². The summed E-state index contributed by atoms with van der Waals surface area (Å²) in [5.74, 6) is 0.111. The van der Waals surface area contributed by atoms with Crippen molar-refractivity contribution in [1.29, 1.82) is 0 Å². The molecule has 17 nitrogen and oxygen atoms in total. The van der Waals surface area contributed by atoms with E-state index in [1.165, 1.54) is 173 Å². The van der Waals surface area contributed by atoms with E-state index in [4.69, 9.17) is 37.0 Å². The monoisotopic (exact) mass is 1350 g/mol. The highest BCUT2D eigenvalue weighted by Crippen LogP contribution is 2.45. The Balaban J connectivity index is 5.24. The molecule has 2 unspecified atom stereocenters. The van der Waals surface area contributed by atoms with E-state index >= 15 is 0 Å². The first-order valence-corrected chi connectivity index (χ1v) is 40.8. The van der Waals surface area contributed by atoms with Crippen LogP contribution in [0.1, 0.15) is 370 Å². The van der Waals surface area contributed by atoms with Crippen molar-refractivity contribution in [3.8, 4) is 0 Å². The number of aliphatic hydroxyl groups is 1. The number of hydrogen-bond donors (Lipinski definition) is 3. The third-order valence-electron chi connectivity index (χ3n) is 16.9. The number of rotatable bonds is 71. The first-order chi connectivity index (χ1) is 44.2. The lowest BCUT2D eigenvalue weighted by molar-refractivity contribution is -0.161. The highest BCUT2D eigenvalue weighted by Gasteiger charge is 2.30. The summed E-state index contributed by atoms with van der Waals surface area (Å²) in [5.41, 5.74) is 0. The summed E-state index contributed by atoms with van der Waals surface area (Å²) in [4.78, 5) is 72.6. The van der Waals surface area contributed by atoms with E-state index in [1.54, 1.807) is 0 Å². The van der Waals surface area contributed by atoms with Crippen LogP contribution in [0.3, 0.4) is 0 Å². The lowest BCUT2D eigenvalue weighted by atomic mass is 10.0. The second-order valence-corrected chi connectivity index (χ2v) is 30.7. The zero-order valence-electron chi connectivity index (χ0n) is 60.0. The molecule has 0 amide bonds. The summed E-state index contributed by atoms with van der Waals surface area (Å²) in [7, 11) is -9.91. The van der Waals surface area contributed by atoms with Crippen LogP contribution in [0.5, 0.6) is 0 Å². The van der Waals surface area contributed by atoms with Crippen LogP contribution in [0.2, 0.25) is 0 Å². The minimum Gasteiger partial charge on any atom is -0.462 e. The van der Waals surface area contributed by atoms with Gasteiger partial charge in [-0.15, -0.1) is 0 Å². The van der Waals surface area contributed by atoms with Crippen LogP contribution in [0, 0.1) is 17.8 Å². The van der Waals surface area contributed by atoms with Gasteiger partial charge in [-0.3, -0.25) is 37.3 Å². The molecule has 0 spiro atoms. The van der Waals surface area contributed by atoms with Gasteiger partial charge in [0.05, 0.1) is 26.4 Å². The lowest BCUT2D eigenvalue weighted by Crippen LogP contribution is -2.30. The molecule has 0 bridgehead atoms. The van der Waals surface area contributed by atoms with Gasteiger partial charge in [0.1, 0.15) is 19.3 Å². The van der Waals surface area contributed by atoms with Crippen LogP contribution < -0.4 is 0 Å². The third-order valence-corrected chi connectivity index (χ3v) is 18.8. The Labute approximate surface area is 562 Å². The van der Waals surface area contributed by atoms with Gasteiger partial charge in [-0.2, -0.15) is 0 Å². The van der Waals surface area contributed by atoms with Crippen LogP contribution in [0.4, 0.5) is 0 Å². The first kappa shape index (κ1) is 90.1. The van der Waals surface area contributed by atoms with Crippen molar-refractivity contribution in [1.82, 2.24) is 0 Å². The summed E-state index contributed by atoms with van der Waals surface area (Å²) in [5, 5.41) is 10.6. The number of unbranched alkanes of at least 4 members (excludes halogenated alkanes) is 39. The Hall–Kier alpha value is -1.94. The zero-order chi connectivity index (χ0) is 68.0. The third kappa shape index (κ3) is 66.7. The molecule has 0 saturated heterocycles. The van der Waals surface area contributed by atoms with Gasteiger partial charge in [0.25, 0.3) is 0 Å². The topological polar surface area (TPSA) is 237 Å². The molecular weight excluding hydrogens is 1210 g/mol. The molecule has 0 aromatic carbocycles. The average molecular weight is 1350 g/mol. The van der Waals surface area contributed by atoms with Gasteiger partial charge in [-0.05, 0) is 43.4 Å². The molecule has 0 heterocycles. The van der Waals surface area contributed by atoms with Gasteiger partial charge >= 0.3 is 39.5 Å². The summed E-state index contributed by atoms with van der Waals surface area (Å²) >= 11 is 0. The second-order valence-electron chi connectivity index (χ2n) is 27.8. The number of aliphatic hydroxyl groups excluding tert-OH is 1. The molecule has 546 valence electrons. The maximum Gasteiger partial charge on any atom is 0.472 e. The molecule has 92 heavy (non-hydrogen) atoms. The average Bonchev–Trinajstić information content (AvgIpc) is 2.91. The smallest absolute Gasteiger partial charge is 0.462 e. The number of ether oxygens (including phenoxy) is 4. The Morgan fingerprint density at radius 2 is 0.500 bits per heavy atom. The Morgan fingerprint density at radius 3 is 0.739 bits per heavy atom. The fraction of sp³-hybridized carbons (Fsp3) is 0.945. The van der Waals surface area contributed by atoms with Crippen molar-refractivity contribution in [3.63, 3.8) is 0 Å². The van der Waals surface area contributed by atoms with E-state index in [0.29, 0.717) is 31.6 Å². The maximum atomic E-state index is 13.1. The van der Waals surface area contributed by atoms with Crippen LogP contribution in [-0.4, -0.2) is 96.7 Å². The molecule has 0 aliphatic rings. The molecular formula is C73H142O17P2. The van der Waals surface area contributed by atoms with Gasteiger partial charge < -0.3 is 33.8 Å². The molecule has 0 aliphatic carbocycles. The quantitative estimate of drug-likeness (QED) is 0.0222. The number of phosphoric ester groups is 2. The molecule has 0 rings (SSSR count). The highest BCUT2D eigenvalue weighted by molar-refractivity contribution is 7.47. The minimum absolute atomic E-state index is 0.106. The van der Waals surface area contributed by atoms with Crippen LogP contribution in [0.25, 0.3) is 0 Å². The normalized spacial score (nSPS) is 14.1. The fourth-order valence-corrected chi connectivity index (χ4v) is 12.7. The molecule has 0 aromatic rings. The summed E-state index contributed by atoms with van der Waals surface area (Å²) in [6.07, 6.45) is 48.6. The van der Waals surface area contributed by atoms with E-state index in [1.807, 2.05) is 0 Å². The zero-order valence-corrected chi connectivity index (χ0v) is 61.8. The van der Waals surface area contributed by atoms with Crippen LogP contribution in [-0.2, 0) is 65.4 Å². The summed E-state index contributed by atoms with van der Waals surface area (Å²) in [6.45, 7) is 11.8. The van der Waals surface area contributed by atoms with Gasteiger partial charge in [0.2, 0.25) is 0 Å². The number of phosphoric acid groups is 2. The minimum atomic E-state index is -4.95. The molecule has 0 radical (unpaired) electrons. The predicted octanol–water partition coefficient (Wildman–Crippen LogP) is 21.0. The fourth-order valence-electron chi connectivity index (χ4n) is 11.1. The van der Waals surface area contributed by atoms with Crippen LogP contribution in [0.15, 0.2) is 0 Å². The van der Waals surface area contributed by atoms with Crippen LogP contribution >= 0.6 is 15.6 Å². The molecule has 0 aromatic heterocycles. The molecule has 0 aliphatic heterocycles. The Morgan fingerprint density at radius 1 is 0.293 bits per heavy atom. The van der Waals surface area contributed by atoms with E-state index in [2.05, 4.69) is 48.5 Å². The van der Waals surface area contributed by atoms with Crippen molar-refractivity contribution in [2.45, 2.75) is 388 Å². The predicted molar refractivity (Wildman–Crippen MR) is 372 cm³/mol. The van der Waals surface area contributed by atoms with Gasteiger partial charge in [-0.1, -0.05) is 318 Å². The summed E-state index contributed by atoms with van der Waals surface area (Å²) < 4.78 is 68.4. The van der Waals surface area contributed by atoms with Crippen molar-refractivity contribution in [3.05, 3.63) is 0 Å². The molecule has 0 fully saturated rings. The Bertz CT molecular complexity index is 1800. The van der Waals surface area contributed by atoms with Crippen molar-refractivity contribution in [2.24, 2.45) is 17.8 Å². The molecule has 5 atom stereocenters. The van der Waals surface area contributed by atoms with Crippen molar-refractivity contribution < 1.29 is 80.2 Å². The number of carbonyl (C=O) groups excluding carboxylic acids is 4. The molecule has 3 N–H and O–H groups in total. The molecule has 19 heteroatoms. The standard InChI is InChI=1S/C73H142O17P2/c1-8-9-10-11-12-13-14-17-21-28-33-42-49-56-73(78)90-69(61-84-71(76)55-48-41-36-35-39-46-53-66(6)7)63-88-92(81,82)86-59-67(74)58-85-91(79,80)87-62-68(60-83-70(75)54-47-40-32-27-24-23-26-31-38-45-52-65(4)5)89-72(77)57-50-43-34-29-22-19-16-15-18-20-25-30-37-44-51-64(2)3/h64-69,74H,8-63H2,1-7H3,(H,79,80)(H,81,82)/t67-,68-,69-/m1/s1. The van der Waals surface area contributed by atoms with E-state index in [9.17, 15) is 43.2 Å². The van der Waals surface area contributed by atoms with E-state index in [-0.39, 0.29) is 25.7 Å². The number of esters is 4. The largest absolute Gasteiger partial charge is 0.472 e. The Kier molecular flexibility index (Phi) is 62.4. The maximum absolute atomic E-state index is 13.1. The van der Waals surface area contributed by atoms with E-state index in [0.717, 1.165) is 108 Å². The number of carbonyl (C=O) groups is 4. The first-order valence-electron chi connectivity index (χ1n) is 37.8. The van der Waals surface area contributed by atoms with Crippen molar-refractivity contribution >= 4 is 39.5 Å². The number of hydrogen-bond acceptors (Lipinski definition) is 15.